The first-order valence-electron chi connectivity index (χ1n) is 9.54. The van der Waals surface area contributed by atoms with E-state index < -0.39 is 0 Å². The number of rotatable bonds is 4. The van der Waals surface area contributed by atoms with Gasteiger partial charge < -0.3 is 14.8 Å². The molecule has 0 bridgehead atoms. The lowest BCUT2D eigenvalue weighted by Gasteiger charge is -2.34. The molecular weight excluding hydrogens is 390 g/mol. The molecule has 0 saturated heterocycles. The zero-order chi connectivity index (χ0) is 20.5. The lowest BCUT2D eigenvalue weighted by atomic mass is 9.73. The van der Waals surface area contributed by atoms with Gasteiger partial charge in [0.15, 0.2) is 17.3 Å². The van der Waals surface area contributed by atoms with E-state index in [-0.39, 0.29) is 29.9 Å². The van der Waals surface area contributed by atoms with Crippen molar-refractivity contribution in [2.75, 3.05) is 14.2 Å². The Labute approximate surface area is 174 Å². The zero-order valence-electron chi connectivity index (χ0n) is 16.3. The molecule has 150 valence electrons. The van der Waals surface area contributed by atoms with Crippen LogP contribution >= 0.6 is 11.6 Å². The van der Waals surface area contributed by atoms with Gasteiger partial charge in [-0.2, -0.15) is 0 Å². The van der Waals surface area contributed by atoms with Crippen molar-refractivity contribution in [2.45, 2.75) is 31.1 Å². The molecule has 5 nitrogen and oxygen atoms in total. The largest absolute Gasteiger partial charge is 0.493 e. The number of benzene rings is 2. The van der Waals surface area contributed by atoms with Gasteiger partial charge in [0.2, 0.25) is 5.91 Å². The van der Waals surface area contributed by atoms with Gasteiger partial charge in [0.25, 0.3) is 0 Å². The summed E-state index contributed by atoms with van der Waals surface area (Å²) in [5, 5.41) is 3.52. The van der Waals surface area contributed by atoms with Crippen LogP contribution in [0.4, 0.5) is 0 Å². The van der Waals surface area contributed by atoms with Crippen LogP contribution in [0.25, 0.3) is 0 Å². The van der Waals surface area contributed by atoms with Crippen molar-refractivity contribution in [1.82, 2.24) is 5.32 Å². The third-order valence-electron chi connectivity index (χ3n) is 5.70. The minimum Gasteiger partial charge on any atom is -0.493 e. The van der Waals surface area contributed by atoms with E-state index in [1.54, 1.807) is 20.3 Å². The highest BCUT2D eigenvalue weighted by atomic mass is 35.5. The van der Waals surface area contributed by atoms with Crippen LogP contribution in [0.2, 0.25) is 5.02 Å². The number of ketones is 1. The van der Waals surface area contributed by atoms with E-state index in [2.05, 4.69) is 5.32 Å². The summed E-state index contributed by atoms with van der Waals surface area (Å²) in [7, 11) is 3.18. The molecule has 1 aliphatic carbocycles. The molecule has 6 heteroatoms. The molecule has 0 radical (unpaired) electrons. The molecule has 2 unspecified atom stereocenters. The maximum atomic E-state index is 13.2. The van der Waals surface area contributed by atoms with E-state index in [1.165, 1.54) is 0 Å². The van der Waals surface area contributed by atoms with E-state index in [0.29, 0.717) is 40.6 Å². The van der Waals surface area contributed by atoms with E-state index in [0.717, 1.165) is 11.1 Å². The second-order valence-electron chi connectivity index (χ2n) is 7.36. The summed E-state index contributed by atoms with van der Waals surface area (Å²) in [6, 6.07) is 13.1. The maximum absolute atomic E-state index is 13.2. The topological polar surface area (TPSA) is 64.6 Å². The second kappa shape index (κ2) is 7.91. The average Bonchev–Trinajstić information content (AvgIpc) is 2.72. The molecule has 2 aliphatic rings. The minimum absolute atomic E-state index is 0.0358. The first kappa shape index (κ1) is 19.5. The summed E-state index contributed by atoms with van der Waals surface area (Å²) >= 11 is 6.38. The van der Waals surface area contributed by atoms with Crippen molar-refractivity contribution in [1.29, 1.82) is 0 Å². The number of allylic oxidation sites excluding steroid dienone is 2. The Morgan fingerprint density at radius 3 is 2.45 bits per heavy atom. The number of Topliss-reactive ketones (excluding diaryl/α,β-unsaturated/α-hetero) is 1. The van der Waals surface area contributed by atoms with Gasteiger partial charge in [-0.05, 0) is 41.7 Å². The number of hydrogen-bond acceptors (Lipinski definition) is 4. The first-order valence-corrected chi connectivity index (χ1v) is 9.92. The molecule has 4 rings (SSSR count). The van der Waals surface area contributed by atoms with Crippen LogP contribution < -0.4 is 14.8 Å². The predicted octanol–water partition coefficient (Wildman–Crippen LogP) is 4.36. The fraction of sp³-hybridized carbons (Fsp3) is 0.304. The summed E-state index contributed by atoms with van der Waals surface area (Å²) in [4.78, 5) is 25.6. The Bertz CT molecular complexity index is 1010. The van der Waals surface area contributed by atoms with Crippen LogP contribution in [-0.2, 0) is 9.59 Å². The van der Waals surface area contributed by atoms with Gasteiger partial charge >= 0.3 is 0 Å². The molecule has 0 saturated carbocycles. The number of halogens is 1. The van der Waals surface area contributed by atoms with Crippen molar-refractivity contribution in [2.24, 2.45) is 0 Å². The Morgan fingerprint density at radius 1 is 0.966 bits per heavy atom. The van der Waals surface area contributed by atoms with Crippen LogP contribution in [0.3, 0.4) is 0 Å². The van der Waals surface area contributed by atoms with Crippen molar-refractivity contribution in [3.8, 4) is 11.5 Å². The fourth-order valence-electron chi connectivity index (χ4n) is 4.33. The van der Waals surface area contributed by atoms with E-state index in [9.17, 15) is 9.59 Å². The first-order chi connectivity index (χ1) is 14.0. The summed E-state index contributed by atoms with van der Waals surface area (Å²) in [6.45, 7) is 0. The highest BCUT2D eigenvalue weighted by Crippen LogP contribution is 2.44. The van der Waals surface area contributed by atoms with Gasteiger partial charge in [-0.1, -0.05) is 35.9 Å². The van der Waals surface area contributed by atoms with Crippen LogP contribution in [0.1, 0.15) is 42.2 Å². The number of carbonyl (C=O) groups excluding carboxylic acids is 2. The smallest absolute Gasteiger partial charge is 0.225 e. The van der Waals surface area contributed by atoms with Crippen molar-refractivity contribution < 1.29 is 19.1 Å². The fourth-order valence-corrected chi connectivity index (χ4v) is 4.59. The standard InChI is InChI=1S/C23H22ClNO4/c1-28-20-8-7-13(11-21(20)29-2)14-9-18-23(19(26)10-14)16(12-22(27)25-18)15-5-3-4-6-17(15)24/h3-8,11,14,16H,9-10,12H2,1-2H3,(H,25,27). The van der Waals surface area contributed by atoms with Gasteiger partial charge in [-0.3, -0.25) is 9.59 Å². The van der Waals surface area contributed by atoms with Crippen molar-refractivity contribution in [3.05, 3.63) is 69.9 Å². The quantitative estimate of drug-likeness (QED) is 0.811. The predicted molar refractivity (Wildman–Crippen MR) is 111 cm³/mol. The lowest BCUT2D eigenvalue weighted by molar-refractivity contribution is -0.122. The van der Waals surface area contributed by atoms with Crippen LogP contribution in [-0.4, -0.2) is 25.9 Å². The Hall–Kier alpha value is -2.79. The molecule has 2 aromatic carbocycles. The molecular formula is C23H22ClNO4. The monoisotopic (exact) mass is 411 g/mol. The number of carbonyl (C=O) groups is 2. The maximum Gasteiger partial charge on any atom is 0.225 e. The third kappa shape index (κ3) is 3.62. The lowest BCUT2D eigenvalue weighted by Crippen LogP contribution is -2.38. The Kier molecular flexibility index (Phi) is 5.33. The second-order valence-corrected chi connectivity index (χ2v) is 7.77. The normalized spacial score (nSPS) is 21.5. The molecule has 0 aromatic heterocycles. The van der Waals surface area contributed by atoms with Gasteiger partial charge in [0, 0.05) is 35.1 Å². The van der Waals surface area contributed by atoms with Crippen molar-refractivity contribution >= 4 is 23.3 Å². The van der Waals surface area contributed by atoms with Gasteiger partial charge in [-0.25, -0.2) is 0 Å². The molecule has 29 heavy (non-hydrogen) atoms. The number of hydrogen-bond donors (Lipinski definition) is 1. The van der Waals surface area contributed by atoms with E-state index in [1.807, 2.05) is 36.4 Å². The number of amides is 1. The summed E-state index contributed by atoms with van der Waals surface area (Å²) in [6.07, 6.45) is 1.20. The summed E-state index contributed by atoms with van der Waals surface area (Å²) < 4.78 is 10.7. The SMILES string of the molecule is COc1ccc(C2CC(=O)C3=C(C2)NC(=O)CC3c2ccccc2Cl)cc1OC. The zero-order valence-corrected chi connectivity index (χ0v) is 17.1. The molecule has 0 fully saturated rings. The highest BCUT2D eigenvalue weighted by Gasteiger charge is 2.38. The average molecular weight is 412 g/mol. The van der Waals surface area contributed by atoms with E-state index >= 15 is 0 Å². The third-order valence-corrected chi connectivity index (χ3v) is 6.04. The van der Waals surface area contributed by atoms with E-state index in [4.69, 9.17) is 21.1 Å². The molecule has 1 N–H and O–H groups in total. The number of methoxy groups -OCH3 is 2. The summed E-state index contributed by atoms with van der Waals surface area (Å²) in [5.74, 6) is 0.893. The van der Waals surface area contributed by atoms with Crippen LogP contribution in [0.5, 0.6) is 11.5 Å². The van der Waals surface area contributed by atoms with Crippen LogP contribution in [0, 0.1) is 0 Å². The molecule has 1 aliphatic heterocycles. The Balaban J connectivity index is 1.71. The molecule has 2 aromatic rings. The van der Waals surface area contributed by atoms with Gasteiger partial charge in [0.05, 0.1) is 14.2 Å². The number of nitrogens with one attached hydrogen (secondary N) is 1. The minimum atomic E-state index is -0.300. The Morgan fingerprint density at radius 2 is 1.72 bits per heavy atom. The molecule has 1 heterocycles. The molecule has 1 amide bonds. The molecule has 0 spiro atoms. The highest BCUT2D eigenvalue weighted by molar-refractivity contribution is 6.31. The van der Waals surface area contributed by atoms with Crippen molar-refractivity contribution in [3.63, 3.8) is 0 Å². The summed E-state index contributed by atoms with van der Waals surface area (Å²) in [5.41, 5.74) is 3.21. The van der Waals surface area contributed by atoms with Gasteiger partial charge in [0.1, 0.15) is 0 Å². The van der Waals surface area contributed by atoms with Crippen LogP contribution in [0.15, 0.2) is 53.7 Å². The number of ether oxygens (including phenoxy) is 2. The van der Waals surface area contributed by atoms with Gasteiger partial charge in [-0.15, -0.1) is 0 Å². The molecule has 2 atom stereocenters.